The van der Waals surface area contributed by atoms with Crippen LogP contribution in [0.15, 0.2) is 10.4 Å². The van der Waals surface area contributed by atoms with Gasteiger partial charge < -0.3 is 14.7 Å². The van der Waals surface area contributed by atoms with E-state index in [9.17, 15) is 9.59 Å². The van der Waals surface area contributed by atoms with E-state index < -0.39 is 11.2 Å². The van der Waals surface area contributed by atoms with Gasteiger partial charge in [0.25, 0.3) is 0 Å². The SMILES string of the molecule is CC(Sc1cnc(NC(=O)N(C2CCCCC2)[C@H]2CC[C@H](OCC3CC3)CC2)s1)C(=O)O. The lowest BCUT2D eigenvalue weighted by molar-refractivity contribution is -0.136. The highest BCUT2D eigenvalue weighted by Crippen LogP contribution is 2.35. The minimum Gasteiger partial charge on any atom is -0.480 e. The average molecular weight is 482 g/mol. The van der Waals surface area contributed by atoms with Gasteiger partial charge in [0.05, 0.1) is 16.5 Å². The van der Waals surface area contributed by atoms with Gasteiger partial charge in [-0.2, -0.15) is 0 Å². The first-order valence-corrected chi connectivity index (χ1v) is 13.8. The van der Waals surface area contributed by atoms with E-state index in [1.165, 1.54) is 55.2 Å². The molecule has 1 atom stereocenters. The Hall–Kier alpha value is -1.32. The van der Waals surface area contributed by atoms with Gasteiger partial charge in [-0.1, -0.05) is 42.4 Å². The molecule has 2 amide bonds. The Morgan fingerprint density at radius 2 is 1.84 bits per heavy atom. The van der Waals surface area contributed by atoms with Crippen molar-refractivity contribution in [2.45, 2.75) is 105 Å². The number of anilines is 1. The minimum atomic E-state index is -0.853. The maximum Gasteiger partial charge on any atom is 0.324 e. The molecule has 178 valence electrons. The van der Waals surface area contributed by atoms with Gasteiger partial charge in [-0.05, 0) is 64.2 Å². The number of nitrogens with zero attached hydrogens (tertiary/aromatic N) is 2. The number of aliphatic carboxylic acids is 1. The molecule has 32 heavy (non-hydrogen) atoms. The molecule has 3 saturated carbocycles. The molecule has 7 nitrogen and oxygen atoms in total. The summed E-state index contributed by atoms with van der Waals surface area (Å²) < 4.78 is 6.92. The number of thiazole rings is 1. The van der Waals surface area contributed by atoms with E-state index >= 15 is 0 Å². The predicted octanol–water partition coefficient (Wildman–Crippen LogP) is 5.61. The number of amides is 2. The number of thioether (sulfide) groups is 1. The Kier molecular flexibility index (Phi) is 8.34. The van der Waals surface area contributed by atoms with Gasteiger partial charge in [-0.25, -0.2) is 9.78 Å². The number of carbonyl (C=O) groups excluding carboxylic acids is 1. The van der Waals surface area contributed by atoms with E-state index in [2.05, 4.69) is 15.2 Å². The minimum absolute atomic E-state index is 0.0589. The fraction of sp³-hybridized carbons (Fsp3) is 0.783. The Labute approximate surface area is 198 Å². The van der Waals surface area contributed by atoms with Crippen LogP contribution in [0, 0.1) is 5.92 Å². The maximum absolute atomic E-state index is 13.4. The van der Waals surface area contributed by atoms with Crippen LogP contribution in [0.5, 0.6) is 0 Å². The first-order valence-electron chi connectivity index (χ1n) is 12.1. The summed E-state index contributed by atoms with van der Waals surface area (Å²) in [4.78, 5) is 31.0. The number of rotatable bonds is 9. The molecule has 0 spiro atoms. The van der Waals surface area contributed by atoms with Crippen LogP contribution in [0.4, 0.5) is 9.93 Å². The molecule has 0 aliphatic heterocycles. The highest BCUT2D eigenvalue weighted by atomic mass is 32.2. The summed E-state index contributed by atoms with van der Waals surface area (Å²) in [6, 6.07) is 0.481. The number of nitrogens with one attached hydrogen (secondary N) is 1. The summed E-state index contributed by atoms with van der Waals surface area (Å²) in [6.07, 6.45) is 14.4. The lowest BCUT2D eigenvalue weighted by Crippen LogP contribution is -2.51. The molecule has 3 fully saturated rings. The second kappa shape index (κ2) is 11.2. The molecule has 0 saturated heterocycles. The number of aromatic nitrogens is 1. The molecule has 0 aromatic carbocycles. The Morgan fingerprint density at radius 1 is 1.16 bits per heavy atom. The van der Waals surface area contributed by atoms with Crippen molar-refractivity contribution in [2.75, 3.05) is 11.9 Å². The molecule has 0 radical (unpaired) electrons. The third kappa shape index (κ3) is 6.60. The van der Waals surface area contributed by atoms with Crippen LogP contribution in [0.2, 0.25) is 0 Å². The van der Waals surface area contributed by atoms with Crippen LogP contribution in [0.3, 0.4) is 0 Å². The monoisotopic (exact) mass is 481 g/mol. The fourth-order valence-electron chi connectivity index (χ4n) is 4.79. The summed E-state index contributed by atoms with van der Waals surface area (Å²) in [7, 11) is 0. The zero-order valence-corrected chi connectivity index (χ0v) is 20.5. The van der Waals surface area contributed by atoms with E-state index in [1.807, 2.05) is 0 Å². The molecular weight excluding hydrogens is 446 g/mol. The number of hydrogen-bond donors (Lipinski definition) is 2. The predicted molar refractivity (Wildman–Crippen MR) is 128 cm³/mol. The Balaban J connectivity index is 1.36. The number of carboxylic acid groups (broad SMARTS) is 1. The Morgan fingerprint density at radius 3 is 2.50 bits per heavy atom. The summed E-state index contributed by atoms with van der Waals surface area (Å²) in [5.74, 6) is -0.0637. The van der Waals surface area contributed by atoms with E-state index in [-0.39, 0.29) is 12.1 Å². The van der Waals surface area contributed by atoms with Crippen LogP contribution in [0.1, 0.15) is 77.6 Å². The maximum atomic E-state index is 13.4. The second-order valence-electron chi connectivity index (χ2n) is 9.42. The molecule has 1 unspecified atom stereocenters. The van der Waals surface area contributed by atoms with E-state index in [0.29, 0.717) is 17.3 Å². The molecule has 3 aliphatic rings. The van der Waals surface area contributed by atoms with Crippen molar-refractivity contribution in [1.82, 2.24) is 9.88 Å². The van der Waals surface area contributed by atoms with Gasteiger partial charge >= 0.3 is 12.0 Å². The Bertz CT molecular complexity index is 771. The molecule has 1 aromatic heterocycles. The van der Waals surface area contributed by atoms with Crippen molar-refractivity contribution < 1.29 is 19.4 Å². The topological polar surface area (TPSA) is 91.8 Å². The molecule has 0 bridgehead atoms. The lowest BCUT2D eigenvalue weighted by Gasteiger charge is -2.42. The van der Waals surface area contributed by atoms with Gasteiger partial charge in [0, 0.05) is 18.7 Å². The zero-order chi connectivity index (χ0) is 22.5. The highest BCUT2D eigenvalue weighted by molar-refractivity contribution is 8.02. The van der Waals surface area contributed by atoms with Gasteiger partial charge in [-0.15, -0.1) is 0 Å². The summed E-state index contributed by atoms with van der Waals surface area (Å²) in [5.41, 5.74) is 0. The number of carboxylic acids is 1. The molecule has 4 rings (SSSR count). The van der Waals surface area contributed by atoms with Crippen molar-refractivity contribution in [1.29, 1.82) is 0 Å². The van der Waals surface area contributed by atoms with Crippen molar-refractivity contribution >= 4 is 40.2 Å². The smallest absolute Gasteiger partial charge is 0.324 e. The van der Waals surface area contributed by atoms with Crippen molar-refractivity contribution in [3.63, 3.8) is 0 Å². The first-order chi connectivity index (χ1) is 15.5. The van der Waals surface area contributed by atoms with E-state index in [1.54, 1.807) is 13.1 Å². The summed E-state index contributed by atoms with van der Waals surface area (Å²) >= 11 is 2.60. The molecular formula is C23H35N3O4S2. The van der Waals surface area contributed by atoms with Crippen LogP contribution >= 0.6 is 23.1 Å². The number of carbonyl (C=O) groups is 2. The standard InChI is InChI=1S/C23H35N3O4S2/c1-15(21(27)28)31-20-13-24-22(32-20)25-23(29)26(17-5-3-2-4-6-17)18-9-11-19(12-10-18)30-14-16-7-8-16/h13,15-19H,2-12,14H2,1H3,(H,27,28)(H,24,25,29)/t15?,18-,19-. The van der Waals surface area contributed by atoms with Crippen molar-refractivity contribution in [3.8, 4) is 0 Å². The van der Waals surface area contributed by atoms with Crippen molar-refractivity contribution in [3.05, 3.63) is 6.20 Å². The van der Waals surface area contributed by atoms with Gasteiger partial charge in [-0.3, -0.25) is 10.1 Å². The second-order valence-corrected chi connectivity index (χ2v) is 12.1. The number of urea groups is 1. The van der Waals surface area contributed by atoms with Crippen molar-refractivity contribution in [2.24, 2.45) is 5.92 Å². The van der Waals surface area contributed by atoms with Crippen LogP contribution in [-0.4, -0.2) is 57.0 Å². The summed E-state index contributed by atoms with van der Waals surface area (Å²) in [6.45, 7) is 2.56. The number of ether oxygens (including phenoxy) is 1. The third-order valence-corrected chi connectivity index (χ3v) is 8.98. The van der Waals surface area contributed by atoms with Gasteiger partial charge in [0.15, 0.2) is 5.13 Å². The van der Waals surface area contributed by atoms with Crippen LogP contribution in [0.25, 0.3) is 0 Å². The molecule has 3 aliphatic carbocycles. The lowest BCUT2D eigenvalue weighted by atomic mass is 9.88. The zero-order valence-electron chi connectivity index (χ0n) is 18.8. The van der Waals surface area contributed by atoms with Crippen LogP contribution in [-0.2, 0) is 9.53 Å². The van der Waals surface area contributed by atoms with E-state index in [0.717, 1.165) is 55.3 Å². The molecule has 1 heterocycles. The van der Waals surface area contributed by atoms with Gasteiger partial charge in [0.1, 0.15) is 5.25 Å². The quantitative estimate of drug-likeness (QED) is 0.445. The average Bonchev–Trinajstić information content (AvgIpc) is 3.53. The van der Waals surface area contributed by atoms with Gasteiger partial charge in [0.2, 0.25) is 0 Å². The first kappa shape index (κ1) is 23.8. The fourth-order valence-corrected chi connectivity index (χ4v) is 6.75. The van der Waals surface area contributed by atoms with E-state index in [4.69, 9.17) is 9.84 Å². The van der Waals surface area contributed by atoms with Crippen LogP contribution < -0.4 is 5.32 Å². The molecule has 1 aromatic rings. The number of hydrogen-bond acceptors (Lipinski definition) is 6. The largest absolute Gasteiger partial charge is 0.480 e. The third-order valence-electron chi connectivity index (χ3n) is 6.84. The highest BCUT2D eigenvalue weighted by Gasteiger charge is 2.35. The normalized spacial score (nSPS) is 25.3. The summed E-state index contributed by atoms with van der Waals surface area (Å²) in [5, 5.41) is 12.1. The molecule has 2 N–H and O–H groups in total. The molecule has 9 heteroatoms.